The van der Waals surface area contributed by atoms with E-state index in [0.717, 1.165) is 5.92 Å². The second-order valence-corrected chi connectivity index (χ2v) is 11.6. The van der Waals surface area contributed by atoms with Gasteiger partial charge in [0.2, 0.25) is 0 Å². The summed E-state index contributed by atoms with van der Waals surface area (Å²) in [5.41, 5.74) is 0. The Hall–Kier alpha value is 0.370. The molecule has 1 aliphatic rings. The first-order valence-corrected chi connectivity index (χ1v) is 13.9. The van der Waals surface area contributed by atoms with Crippen LogP contribution in [0.5, 0.6) is 0 Å². The molecule has 0 bridgehead atoms. The van der Waals surface area contributed by atoms with Gasteiger partial charge < -0.3 is 0 Å². The zero-order valence-corrected chi connectivity index (χ0v) is 20.9. The minimum atomic E-state index is 0.234. The fourth-order valence-corrected chi connectivity index (χ4v) is 6.70. The van der Waals surface area contributed by atoms with Crippen LogP contribution >= 0.6 is 24.4 Å². The number of ketones is 1. The quantitative estimate of drug-likeness (QED) is 0.409. The Labute approximate surface area is 186 Å². The molecule has 1 saturated carbocycles. The van der Waals surface area contributed by atoms with Crippen LogP contribution in [0.25, 0.3) is 0 Å². The molecule has 0 N–H and O–H groups in total. The number of thioether (sulfide) groups is 1. The Balaban J connectivity index is 2.71. The van der Waals surface area contributed by atoms with E-state index >= 15 is 0 Å². The fourth-order valence-electron chi connectivity index (χ4n) is 4.93. The summed E-state index contributed by atoms with van der Waals surface area (Å²) in [6.07, 6.45) is 22.4. The molecule has 0 heterocycles. The van der Waals surface area contributed by atoms with Crippen LogP contribution in [0, 0.1) is 11.8 Å². The van der Waals surface area contributed by atoms with Gasteiger partial charge in [-0.3, -0.25) is 4.79 Å². The van der Waals surface area contributed by atoms with E-state index in [0.29, 0.717) is 17.4 Å². The monoisotopic (exact) mass is 428 g/mol. The summed E-state index contributed by atoms with van der Waals surface area (Å²) in [5.74, 6) is 2.75. The molecule has 1 aliphatic carbocycles. The van der Waals surface area contributed by atoms with Crippen LogP contribution in [0.1, 0.15) is 124 Å². The van der Waals surface area contributed by atoms with E-state index in [-0.39, 0.29) is 10.5 Å². The van der Waals surface area contributed by atoms with Gasteiger partial charge in [-0.1, -0.05) is 104 Å². The van der Waals surface area contributed by atoms with Crippen molar-refractivity contribution in [2.75, 3.05) is 11.5 Å². The first-order valence-electron chi connectivity index (χ1n) is 12.2. The Morgan fingerprint density at radius 1 is 0.857 bits per heavy atom. The maximum atomic E-state index is 12.0. The Morgan fingerprint density at radius 2 is 1.25 bits per heavy atom. The standard InChI is InChI=1S/C25H48OS2/c1-22(2)19-25(3,28-21-24(26)20-27)23-17-15-13-11-9-7-5-4-6-8-10-12-14-16-18-23/h22-23,27H,4-21H2,1-3H3. The molecule has 0 aromatic heterocycles. The van der Waals surface area contributed by atoms with E-state index in [1.807, 2.05) is 11.8 Å². The van der Waals surface area contributed by atoms with Gasteiger partial charge in [0.1, 0.15) is 0 Å². The summed E-state index contributed by atoms with van der Waals surface area (Å²) < 4.78 is 0.234. The maximum absolute atomic E-state index is 12.0. The predicted octanol–water partition coefficient (Wildman–Crippen LogP) is 8.50. The lowest BCUT2D eigenvalue weighted by Gasteiger charge is -2.39. The van der Waals surface area contributed by atoms with Crippen molar-refractivity contribution >= 4 is 30.2 Å². The summed E-state index contributed by atoms with van der Waals surface area (Å²) in [4.78, 5) is 12.0. The van der Waals surface area contributed by atoms with Gasteiger partial charge in [0.15, 0.2) is 5.78 Å². The first-order chi connectivity index (χ1) is 13.5. The molecule has 166 valence electrons. The summed E-state index contributed by atoms with van der Waals surface area (Å²) in [6.45, 7) is 7.15. The number of rotatable bonds is 7. The molecule has 0 aromatic rings. The van der Waals surface area contributed by atoms with Crippen molar-refractivity contribution in [3.63, 3.8) is 0 Å². The van der Waals surface area contributed by atoms with E-state index in [1.54, 1.807) is 0 Å². The van der Waals surface area contributed by atoms with Gasteiger partial charge in [-0.05, 0) is 31.1 Å². The molecular formula is C25H48OS2. The molecule has 1 fully saturated rings. The van der Waals surface area contributed by atoms with Crippen LogP contribution in [0.4, 0.5) is 0 Å². The van der Waals surface area contributed by atoms with Crippen LogP contribution < -0.4 is 0 Å². The van der Waals surface area contributed by atoms with Crippen LogP contribution in [-0.4, -0.2) is 22.0 Å². The third-order valence-corrected chi connectivity index (χ3v) is 8.50. The van der Waals surface area contributed by atoms with E-state index in [2.05, 4.69) is 33.4 Å². The predicted molar refractivity (Wildman–Crippen MR) is 132 cm³/mol. The van der Waals surface area contributed by atoms with Crippen molar-refractivity contribution in [3.8, 4) is 0 Å². The molecule has 0 saturated heterocycles. The molecule has 1 atom stereocenters. The summed E-state index contributed by atoms with van der Waals surface area (Å²) in [7, 11) is 0. The molecule has 0 aromatic carbocycles. The SMILES string of the molecule is CC(C)CC(C)(SCC(=O)CS)C1CCCCCCCCCCCCCCC1. The number of hydrogen-bond acceptors (Lipinski definition) is 3. The van der Waals surface area contributed by atoms with Crippen LogP contribution in [-0.2, 0) is 4.79 Å². The Kier molecular flexibility index (Phi) is 15.2. The van der Waals surface area contributed by atoms with Gasteiger partial charge in [0.25, 0.3) is 0 Å². The van der Waals surface area contributed by atoms with Gasteiger partial charge in [0.05, 0.1) is 11.5 Å². The number of Topliss-reactive ketones (excluding diaryl/α,β-unsaturated/α-hetero) is 1. The number of thiol groups is 1. The molecule has 1 unspecified atom stereocenters. The zero-order valence-electron chi connectivity index (χ0n) is 19.1. The van der Waals surface area contributed by atoms with Crippen molar-refractivity contribution in [1.29, 1.82) is 0 Å². The van der Waals surface area contributed by atoms with Gasteiger partial charge in [0, 0.05) is 4.75 Å². The molecule has 0 radical (unpaired) electrons. The van der Waals surface area contributed by atoms with E-state index in [1.165, 1.54) is 103 Å². The van der Waals surface area contributed by atoms with Crippen LogP contribution in [0.3, 0.4) is 0 Å². The largest absolute Gasteiger partial charge is 0.298 e. The highest BCUT2D eigenvalue weighted by Gasteiger charge is 2.35. The second kappa shape index (κ2) is 16.1. The van der Waals surface area contributed by atoms with Crippen molar-refractivity contribution < 1.29 is 4.79 Å². The fraction of sp³-hybridized carbons (Fsp3) is 0.960. The average Bonchev–Trinajstić information content (AvgIpc) is 2.65. The minimum Gasteiger partial charge on any atom is -0.298 e. The molecule has 0 spiro atoms. The number of carbonyl (C=O) groups excluding carboxylic acids is 1. The Morgan fingerprint density at radius 3 is 1.61 bits per heavy atom. The minimum absolute atomic E-state index is 0.234. The molecule has 0 aliphatic heterocycles. The number of hydrogen-bond donors (Lipinski definition) is 1. The van der Waals surface area contributed by atoms with Crippen molar-refractivity contribution in [2.24, 2.45) is 11.8 Å². The van der Waals surface area contributed by atoms with Gasteiger partial charge >= 0.3 is 0 Å². The highest BCUT2D eigenvalue weighted by molar-refractivity contribution is 8.01. The van der Waals surface area contributed by atoms with Gasteiger partial charge in [-0.15, -0.1) is 11.8 Å². The molecule has 1 rings (SSSR count). The van der Waals surface area contributed by atoms with Crippen LogP contribution in [0.2, 0.25) is 0 Å². The zero-order chi connectivity index (χ0) is 20.7. The molecule has 28 heavy (non-hydrogen) atoms. The van der Waals surface area contributed by atoms with Crippen LogP contribution in [0.15, 0.2) is 0 Å². The lowest BCUT2D eigenvalue weighted by Crippen LogP contribution is -2.34. The Bertz CT molecular complexity index is 380. The molecular weight excluding hydrogens is 380 g/mol. The highest BCUT2D eigenvalue weighted by Crippen LogP contribution is 2.43. The molecule has 0 amide bonds. The third-order valence-electron chi connectivity index (χ3n) is 6.52. The average molecular weight is 429 g/mol. The lowest BCUT2D eigenvalue weighted by molar-refractivity contribution is -0.114. The van der Waals surface area contributed by atoms with E-state index in [4.69, 9.17) is 0 Å². The first kappa shape index (κ1) is 26.4. The highest BCUT2D eigenvalue weighted by atomic mass is 32.2. The molecule has 3 heteroatoms. The summed E-state index contributed by atoms with van der Waals surface area (Å²) >= 11 is 6.14. The van der Waals surface area contributed by atoms with Gasteiger partial charge in [-0.2, -0.15) is 12.6 Å². The third kappa shape index (κ3) is 12.2. The van der Waals surface area contributed by atoms with Gasteiger partial charge in [-0.25, -0.2) is 0 Å². The normalized spacial score (nSPS) is 22.0. The second-order valence-electron chi connectivity index (χ2n) is 9.77. The van der Waals surface area contributed by atoms with Crippen molar-refractivity contribution in [2.45, 2.75) is 128 Å². The maximum Gasteiger partial charge on any atom is 0.152 e. The summed E-state index contributed by atoms with van der Waals surface area (Å²) in [6, 6.07) is 0. The lowest BCUT2D eigenvalue weighted by atomic mass is 9.79. The van der Waals surface area contributed by atoms with Crippen molar-refractivity contribution in [1.82, 2.24) is 0 Å². The van der Waals surface area contributed by atoms with E-state index in [9.17, 15) is 4.79 Å². The topological polar surface area (TPSA) is 17.1 Å². The van der Waals surface area contributed by atoms with Crippen molar-refractivity contribution in [3.05, 3.63) is 0 Å². The number of carbonyl (C=O) groups is 1. The van der Waals surface area contributed by atoms with E-state index < -0.39 is 0 Å². The summed E-state index contributed by atoms with van der Waals surface area (Å²) in [5, 5.41) is 0. The smallest absolute Gasteiger partial charge is 0.152 e. The molecule has 1 nitrogen and oxygen atoms in total.